The number of hydrogen-bond donors (Lipinski definition) is 0. The lowest BCUT2D eigenvalue weighted by Crippen LogP contribution is -2.46. The van der Waals surface area contributed by atoms with Crippen LogP contribution < -0.4 is 0 Å². The molecule has 0 unspecified atom stereocenters. The van der Waals surface area contributed by atoms with Gasteiger partial charge in [-0.25, -0.2) is 4.39 Å². The zero-order chi connectivity index (χ0) is 17.7. The summed E-state index contributed by atoms with van der Waals surface area (Å²) in [5.41, 5.74) is 1.14. The molecule has 1 aromatic carbocycles. The van der Waals surface area contributed by atoms with E-state index in [4.69, 9.17) is 0 Å². The molecule has 1 aliphatic rings. The largest absolute Gasteiger partial charge is 0.348 e. The summed E-state index contributed by atoms with van der Waals surface area (Å²) in [5, 5.41) is 0. The molecule has 24 heavy (non-hydrogen) atoms. The normalized spacial score (nSPS) is 20.2. The van der Waals surface area contributed by atoms with Gasteiger partial charge in [0.2, 0.25) is 5.91 Å². The molecule has 1 fully saturated rings. The number of amides is 1. The molecule has 2 rings (SSSR count). The maximum absolute atomic E-state index is 13.1. The van der Waals surface area contributed by atoms with E-state index >= 15 is 0 Å². The highest BCUT2D eigenvalue weighted by Crippen LogP contribution is 2.20. The van der Waals surface area contributed by atoms with Crippen LogP contribution in [-0.4, -0.2) is 66.9 Å². The second-order valence-corrected chi connectivity index (χ2v) is 7.29. The van der Waals surface area contributed by atoms with Crippen LogP contribution in [0.2, 0.25) is 0 Å². The molecule has 1 aliphatic heterocycles. The fourth-order valence-corrected chi connectivity index (χ4v) is 3.26. The van der Waals surface area contributed by atoms with Crippen molar-refractivity contribution in [3.05, 3.63) is 35.6 Å². The highest BCUT2D eigenvalue weighted by Gasteiger charge is 2.28. The Morgan fingerprint density at radius 1 is 1.25 bits per heavy atom. The molecule has 0 saturated carbocycles. The van der Waals surface area contributed by atoms with Gasteiger partial charge in [-0.15, -0.1) is 0 Å². The van der Waals surface area contributed by atoms with Crippen LogP contribution in [0.15, 0.2) is 24.3 Å². The molecular weight excluding hydrogens is 305 g/mol. The lowest BCUT2D eigenvalue weighted by molar-refractivity contribution is -0.130. The van der Waals surface area contributed by atoms with Crippen molar-refractivity contribution in [2.45, 2.75) is 32.9 Å². The Morgan fingerprint density at radius 3 is 2.50 bits per heavy atom. The lowest BCUT2D eigenvalue weighted by Gasteiger charge is -2.34. The molecule has 0 N–H and O–H groups in total. The van der Waals surface area contributed by atoms with Crippen molar-refractivity contribution in [2.75, 3.05) is 40.3 Å². The molecule has 0 spiro atoms. The van der Waals surface area contributed by atoms with E-state index in [2.05, 4.69) is 23.6 Å². The average molecular weight is 335 g/mol. The topological polar surface area (TPSA) is 26.8 Å². The van der Waals surface area contributed by atoms with E-state index in [1.807, 2.05) is 12.1 Å². The van der Waals surface area contributed by atoms with Crippen LogP contribution in [0.5, 0.6) is 0 Å². The standard InChI is InChI=1S/C19H30FN3O/c1-15(2)18-13-22(14-19(24)21(3)4)10-5-11-23(18)12-16-6-8-17(20)9-7-16/h6-9,15,18H,5,10-14H2,1-4H3/t18-/m0/s1. The van der Waals surface area contributed by atoms with Gasteiger partial charge in [-0.05, 0) is 36.6 Å². The van der Waals surface area contributed by atoms with Crippen molar-refractivity contribution in [3.8, 4) is 0 Å². The number of carbonyl (C=O) groups excluding carboxylic acids is 1. The summed E-state index contributed by atoms with van der Waals surface area (Å²) in [6, 6.07) is 7.18. The third-order valence-electron chi connectivity index (χ3n) is 4.76. The third-order valence-corrected chi connectivity index (χ3v) is 4.76. The minimum absolute atomic E-state index is 0.157. The van der Waals surface area contributed by atoms with Crippen molar-refractivity contribution in [2.24, 2.45) is 5.92 Å². The summed E-state index contributed by atoms with van der Waals surface area (Å²) < 4.78 is 13.1. The molecule has 134 valence electrons. The monoisotopic (exact) mass is 335 g/mol. The maximum Gasteiger partial charge on any atom is 0.236 e. The first-order valence-electron chi connectivity index (χ1n) is 8.78. The van der Waals surface area contributed by atoms with Crippen LogP contribution in [-0.2, 0) is 11.3 Å². The molecule has 4 nitrogen and oxygen atoms in total. The molecule has 0 bridgehead atoms. The van der Waals surface area contributed by atoms with Crippen molar-refractivity contribution in [3.63, 3.8) is 0 Å². The average Bonchev–Trinajstić information content (AvgIpc) is 2.72. The molecule has 1 saturated heterocycles. The summed E-state index contributed by atoms with van der Waals surface area (Å²) in [5.74, 6) is 0.466. The van der Waals surface area contributed by atoms with E-state index in [1.54, 1.807) is 19.0 Å². The van der Waals surface area contributed by atoms with E-state index in [0.29, 0.717) is 18.5 Å². The number of halogens is 1. The van der Waals surface area contributed by atoms with Gasteiger partial charge in [-0.2, -0.15) is 0 Å². The van der Waals surface area contributed by atoms with E-state index in [9.17, 15) is 9.18 Å². The molecule has 0 radical (unpaired) electrons. The van der Waals surface area contributed by atoms with Gasteiger partial charge in [0.25, 0.3) is 0 Å². The van der Waals surface area contributed by atoms with Gasteiger partial charge in [0.1, 0.15) is 5.82 Å². The fraction of sp³-hybridized carbons (Fsp3) is 0.632. The molecule has 1 atom stereocenters. The SMILES string of the molecule is CC(C)[C@@H]1CN(CC(=O)N(C)C)CCCN1Cc1ccc(F)cc1. The highest BCUT2D eigenvalue weighted by molar-refractivity contribution is 5.77. The quantitative estimate of drug-likeness (QED) is 0.827. The Balaban J connectivity index is 2.05. The summed E-state index contributed by atoms with van der Waals surface area (Å²) in [6.45, 7) is 8.65. The van der Waals surface area contributed by atoms with Crippen LogP contribution in [0.3, 0.4) is 0 Å². The van der Waals surface area contributed by atoms with Gasteiger partial charge in [0.05, 0.1) is 6.54 Å². The molecule has 0 aromatic heterocycles. The summed E-state index contributed by atoms with van der Waals surface area (Å²) >= 11 is 0. The van der Waals surface area contributed by atoms with Gasteiger partial charge in [0, 0.05) is 39.8 Å². The second-order valence-electron chi connectivity index (χ2n) is 7.29. The first kappa shape index (κ1) is 18.9. The molecular formula is C19H30FN3O. The summed E-state index contributed by atoms with van der Waals surface area (Å²) in [6.07, 6.45) is 1.05. The Kier molecular flexibility index (Phi) is 6.75. The van der Waals surface area contributed by atoms with Crippen LogP contribution in [0.1, 0.15) is 25.8 Å². The van der Waals surface area contributed by atoms with Gasteiger partial charge >= 0.3 is 0 Å². The number of nitrogens with zero attached hydrogens (tertiary/aromatic N) is 3. The minimum atomic E-state index is -0.191. The van der Waals surface area contributed by atoms with Crippen LogP contribution >= 0.6 is 0 Å². The number of benzene rings is 1. The zero-order valence-corrected chi connectivity index (χ0v) is 15.3. The fourth-order valence-electron chi connectivity index (χ4n) is 3.26. The predicted molar refractivity (Wildman–Crippen MR) is 95.2 cm³/mol. The molecule has 5 heteroatoms. The maximum atomic E-state index is 13.1. The first-order chi connectivity index (χ1) is 11.4. The number of rotatable bonds is 5. The minimum Gasteiger partial charge on any atom is -0.348 e. The van der Waals surface area contributed by atoms with Crippen molar-refractivity contribution in [1.82, 2.24) is 14.7 Å². The van der Waals surface area contributed by atoms with Gasteiger partial charge in [-0.1, -0.05) is 26.0 Å². The van der Waals surface area contributed by atoms with E-state index in [-0.39, 0.29) is 11.7 Å². The Labute approximate surface area is 145 Å². The van der Waals surface area contributed by atoms with Crippen LogP contribution in [0.25, 0.3) is 0 Å². The smallest absolute Gasteiger partial charge is 0.236 e. The van der Waals surface area contributed by atoms with E-state index < -0.39 is 0 Å². The summed E-state index contributed by atoms with van der Waals surface area (Å²) in [4.78, 5) is 18.5. The van der Waals surface area contributed by atoms with E-state index in [0.717, 1.165) is 38.2 Å². The Morgan fingerprint density at radius 2 is 1.92 bits per heavy atom. The number of carbonyl (C=O) groups is 1. The number of hydrogen-bond acceptors (Lipinski definition) is 3. The highest BCUT2D eigenvalue weighted by atomic mass is 19.1. The van der Waals surface area contributed by atoms with Crippen molar-refractivity contribution < 1.29 is 9.18 Å². The van der Waals surface area contributed by atoms with Crippen LogP contribution in [0, 0.1) is 11.7 Å². The Hall–Kier alpha value is -1.46. The van der Waals surface area contributed by atoms with Gasteiger partial charge in [0.15, 0.2) is 0 Å². The van der Waals surface area contributed by atoms with Crippen molar-refractivity contribution in [1.29, 1.82) is 0 Å². The molecule has 1 amide bonds. The van der Waals surface area contributed by atoms with Gasteiger partial charge in [-0.3, -0.25) is 14.6 Å². The van der Waals surface area contributed by atoms with Crippen LogP contribution in [0.4, 0.5) is 4.39 Å². The molecule has 1 heterocycles. The molecule has 0 aliphatic carbocycles. The van der Waals surface area contributed by atoms with Crippen molar-refractivity contribution >= 4 is 5.91 Å². The van der Waals surface area contributed by atoms with Gasteiger partial charge < -0.3 is 4.90 Å². The zero-order valence-electron chi connectivity index (χ0n) is 15.3. The predicted octanol–water partition coefficient (Wildman–Crippen LogP) is 2.45. The van der Waals surface area contributed by atoms with E-state index in [1.165, 1.54) is 12.1 Å². The third kappa shape index (κ3) is 5.28. The Bertz CT molecular complexity index is 530. The first-order valence-corrected chi connectivity index (χ1v) is 8.78. The lowest BCUT2D eigenvalue weighted by atomic mass is 10.0. The summed E-state index contributed by atoms with van der Waals surface area (Å²) in [7, 11) is 3.61. The number of likely N-dealkylation sites (N-methyl/N-ethyl adjacent to an activating group) is 1. The molecule has 1 aromatic rings. The second kappa shape index (κ2) is 8.58.